The molecule has 1 saturated heterocycles. The number of fused-ring (bicyclic) bond motifs is 5. The molecular weight excluding hydrogens is 1920 g/mol. The molecule has 6 N–H and O–H groups in total. The van der Waals surface area contributed by atoms with Crippen LogP contribution in [0.2, 0.25) is 0 Å². The van der Waals surface area contributed by atoms with Gasteiger partial charge >= 0.3 is 0 Å². The Morgan fingerprint density at radius 3 is 1.30 bits per heavy atom. The number of hydrogen-bond acceptors (Lipinski definition) is 36. The molecule has 21 aromatic heterocycles. The summed E-state index contributed by atoms with van der Waals surface area (Å²) < 4.78 is 73.3. The van der Waals surface area contributed by atoms with E-state index >= 15 is 0 Å². The third-order valence-corrected chi connectivity index (χ3v) is 30.6. The van der Waals surface area contributed by atoms with Crippen molar-refractivity contribution < 1.29 is 17.3 Å². The lowest BCUT2D eigenvalue weighted by molar-refractivity contribution is 0.446. The van der Waals surface area contributed by atoms with Crippen LogP contribution in [0, 0.1) is 50.4 Å². The highest BCUT2D eigenvalue weighted by Crippen LogP contribution is 2.41. The molecule has 142 heavy (non-hydrogen) atoms. The number of thiophene rings is 1. The Labute approximate surface area is 832 Å². The van der Waals surface area contributed by atoms with Gasteiger partial charge in [0.05, 0.1) is 123 Å². The Bertz CT molecular complexity index is 8450. The second kappa shape index (κ2) is 40.8. The van der Waals surface area contributed by atoms with Gasteiger partial charge < -0.3 is 40.7 Å². The number of allylic oxidation sites excluding steroid dienone is 4. The van der Waals surface area contributed by atoms with Crippen LogP contribution in [0.5, 0.6) is 0 Å². The van der Waals surface area contributed by atoms with E-state index in [4.69, 9.17) is 29.0 Å². The van der Waals surface area contributed by atoms with Gasteiger partial charge in [-0.25, -0.2) is 63.2 Å². The quantitative estimate of drug-likeness (QED) is 0.0346. The zero-order valence-corrected chi connectivity index (χ0v) is 83.4. The van der Waals surface area contributed by atoms with Crippen molar-refractivity contribution in [2.24, 2.45) is 28.2 Å². The highest BCUT2D eigenvalue weighted by molar-refractivity contribution is 7.91. The van der Waals surface area contributed by atoms with Crippen LogP contribution in [0.4, 0.5) is 54.2 Å². The Morgan fingerprint density at radius 1 is 0.458 bits per heavy atom. The van der Waals surface area contributed by atoms with Gasteiger partial charge in [0.2, 0.25) is 16.7 Å². The Balaban J connectivity index is 0.000000110. The summed E-state index contributed by atoms with van der Waals surface area (Å²) in [5, 5.41) is 59.5. The van der Waals surface area contributed by atoms with Crippen molar-refractivity contribution >= 4 is 161 Å². The zero-order chi connectivity index (χ0) is 97.8. The fraction of sp³-hybridized carbons (Fsp3) is 0.253. The molecule has 0 radical (unpaired) electrons. The predicted octanol–water partition coefficient (Wildman–Crippen LogP) is 18.8. The van der Waals surface area contributed by atoms with Gasteiger partial charge in [-0.2, -0.15) is 52.7 Å². The molecule has 1 aliphatic heterocycles. The number of rotatable bonds is 23. The highest BCUT2D eigenvalue weighted by Gasteiger charge is 2.30. The topological polar surface area (TPSA) is 470 Å². The number of anilines is 10. The van der Waals surface area contributed by atoms with Crippen LogP contribution in [0.15, 0.2) is 198 Å². The average molecular weight is 2010 g/mol. The first kappa shape index (κ1) is 93.6. The molecule has 0 aromatic carbocycles. The predicted molar refractivity (Wildman–Crippen MR) is 548 cm³/mol. The van der Waals surface area contributed by atoms with Crippen LogP contribution in [0.25, 0.3) is 107 Å². The van der Waals surface area contributed by atoms with E-state index in [1.54, 1.807) is 74.4 Å². The van der Waals surface area contributed by atoms with Crippen molar-refractivity contribution in [2.45, 2.75) is 109 Å². The van der Waals surface area contributed by atoms with Crippen LogP contribution in [0.1, 0.15) is 129 Å². The van der Waals surface area contributed by atoms with Crippen molar-refractivity contribution in [2.75, 3.05) is 52.8 Å². The van der Waals surface area contributed by atoms with E-state index in [0.717, 1.165) is 198 Å². The van der Waals surface area contributed by atoms with Crippen LogP contribution in [0.3, 0.4) is 0 Å². The first-order valence-corrected chi connectivity index (χ1v) is 50.9. The van der Waals surface area contributed by atoms with Gasteiger partial charge in [-0.3, -0.25) is 40.7 Å². The fourth-order valence-corrected chi connectivity index (χ4v) is 22.6. The van der Waals surface area contributed by atoms with Gasteiger partial charge in [0.15, 0.2) is 57.3 Å². The van der Waals surface area contributed by atoms with Crippen molar-refractivity contribution in [3.63, 3.8) is 0 Å². The van der Waals surface area contributed by atoms with Crippen LogP contribution >= 0.6 is 57.5 Å². The van der Waals surface area contributed by atoms with Gasteiger partial charge in [-0.1, -0.05) is 26.0 Å². The first-order chi connectivity index (χ1) is 69.1. The molecule has 0 spiro atoms. The van der Waals surface area contributed by atoms with E-state index in [0.29, 0.717) is 73.5 Å². The lowest BCUT2D eigenvalue weighted by atomic mass is 9.97. The Morgan fingerprint density at radius 2 is 0.887 bits per heavy atom. The van der Waals surface area contributed by atoms with Gasteiger partial charge in [0.25, 0.3) is 10.0 Å². The van der Waals surface area contributed by atoms with Crippen molar-refractivity contribution in [1.29, 1.82) is 10.5 Å². The molecule has 1 fully saturated rings. The minimum absolute atomic E-state index is 0.226. The lowest BCUT2D eigenvalue weighted by Crippen LogP contribution is -2.30. The molecule has 21 aromatic rings. The molecule has 47 heteroatoms. The maximum absolute atomic E-state index is 13.2. The fourth-order valence-electron chi connectivity index (χ4n) is 16.8. The van der Waals surface area contributed by atoms with E-state index in [1.165, 1.54) is 85.8 Å². The summed E-state index contributed by atoms with van der Waals surface area (Å²) in [6.45, 7) is 14.2. The third kappa shape index (κ3) is 20.0. The number of nitriles is 2. The van der Waals surface area contributed by atoms with Gasteiger partial charge in [0.1, 0.15) is 49.7 Å². The number of nitrogens with zero attached hydrogens (tertiary/aromatic N) is 31. The SMILES string of the molecule is CCN(CC)S(=O)(=O)c1sc(Nc2nc(C3=CCCCC3)cn3c(-c4coc(C#N)c4)cnc23)cc1C.Cc1cc(Nc2nc(-c3cnn(C)c3)cn3c(-c4cnn(C)c4)cnc23)sn1.Cc1cc(Nc2nc(C3=CCCCC3)cn3c(-c4coc(C#N)c4)cnc23)sn1.Cc1nsc(Nc2nccn3c(-c4cnn(C)c4)cnc23)n1.Cn1cc(-c2cnc3c(Nc4cc(C5CCNC5)ns4)nccn23)cn1. The molecule has 41 nitrogen and oxygen atoms in total. The summed E-state index contributed by atoms with van der Waals surface area (Å²) in [4.78, 5) is 50.6. The minimum atomic E-state index is -3.58. The summed E-state index contributed by atoms with van der Waals surface area (Å²) in [6.07, 6.45) is 54.9. The standard InChI is InChI=1S/C26H28N6O3S2.C21H18N6OS.C18H17N9S.C17H18N8S.C13H12N8S/c1-4-31(5-2)37(33,34)26-17(3)11-23(36-26)30-24-25-28-14-22(19-12-20(13-27)35-16-19)32(25)15-21(29-24)18-9-7-6-8-10-18;1-13-7-19(29-26-13)25-20-21-23-10-18(15-8-16(9-22)28-12-15)27(21)11-17(24-20)14-5-3-2-4-6-14;1-11-4-16(28-24-11)23-17-18-19-7-15(13-6-21-26(3)9-13)27(18)10-14(22-17)12-5-20-25(2)8-12;1-24-10-12(8-21-24)14-9-20-17-16(19-4-5-25(14)17)22-15-6-13(23-26-15)11-2-3-18-7-11;1-8-17-13(22-19-8)18-11-12-15-6-10(21(12)4-3-14-11)9-5-16-20(2)7-9/h9,11-12,14-16H,4-8,10H2,1-3H3,(H,29,30);5,7-8,10-12H,2-4,6H2,1H3,(H,24,25);4-10H,1-3H3,(H,22,23);4-6,8-11,18H,2-3,7H2,1H3,(H,19,22);3-7H,1-2H3,(H,14,17,18,19). The second-order valence-corrected chi connectivity index (χ2v) is 40.1. The Hall–Kier alpha value is -16.0. The number of aryl methyl sites for hydroxylation is 8. The van der Waals surface area contributed by atoms with E-state index in [2.05, 4.69) is 128 Å². The third-order valence-electron chi connectivity index (χ3n) is 23.7. The summed E-state index contributed by atoms with van der Waals surface area (Å²) in [5.41, 5.74) is 22.3. The average Bonchev–Trinajstić information content (AvgIpc) is 1.62. The zero-order valence-electron chi connectivity index (χ0n) is 78.5. The molecule has 3 aliphatic rings. The van der Waals surface area contributed by atoms with Gasteiger partial charge in [-0.05, 0) is 168 Å². The minimum Gasteiger partial charge on any atom is -0.453 e. The van der Waals surface area contributed by atoms with E-state index in [9.17, 15) is 13.7 Å². The van der Waals surface area contributed by atoms with Crippen LogP contribution in [-0.2, 0) is 38.2 Å². The first-order valence-electron chi connectivity index (χ1n) is 45.5. The van der Waals surface area contributed by atoms with Crippen molar-refractivity contribution in [3.05, 3.63) is 236 Å². The monoisotopic (exact) mass is 2010 g/mol. The van der Waals surface area contributed by atoms with Gasteiger partial charge in [-0.15, -0.1) is 11.3 Å². The molecule has 0 saturated carbocycles. The van der Waals surface area contributed by atoms with Crippen LogP contribution < -0.4 is 31.9 Å². The summed E-state index contributed by atoms with van der Waals surface area (Å²) in [6, 6.07) is 15.4. The summed E-state index contributed by atoms with van der Waals surface area (Å²) in [7, 11) is 4.00. The number of nitrogens with one attached hydrogen (secondary N) is 6. The molecule has 2 aliphatic carbocycles. The van der Waals surface area contributed by atoms with E-state index in [-0.39, 0.29) is 11.5 Å². The molecular formula is C95H93N37O4S6. The lowest BCUT2D eigenvalue weighted by Gasteiger charge is -2.17. The van der Waals surface area contributed by atoms with E-state index in [1.807, 2.05) is 215 Å². The number of imidazole rings is 5. The van der Waals surface area contributed by atoms with Crippen molar-refractivity contribution in [1.82, 2.24) is 143 Å². The normalized spacial score (nSPS) is 13.7. The van der Waals surface area contributed by atoms with Crippen molar-refractivity contribution in [3.8, 4) is 79.7 Å². The number of aromatic nitrogens is 28. The largest absolute Gasteiger partial charge is 0.453 e. The maximum atomic E-state index is 13.2. The molecule has 718 valence electrons. The summed E-state index contributed by atoms with van der Waals surface area (Å²) >= 11 is 6.76. The molecule has 22 heterocycles. The molecule has 0 amide bonds. The molecule has 24 rings (SSSR count). The highest BCUT2D eigenvalue weighted by atomic mass is 32.2. The van der Waals surface area contributed by atoms with Crippen LogP contribution in [-0.4, -0.2) is 172 Å². The molecule has 0 bridgehead atoms. The van der Waals surface area contributed by atoms with Gasteiger partial charge in [0, 0.05) is 179 Å². The maximum Gasteiger partial charge on any atom is 0.252 e. The second-order valence-electron chi connectivity index (χ2n) is 33.8. The smallest absolute Gasteiger partial charge is 0.252 e. The Kier molecular flexibility index (Phi) is 26.9. The molecule has 1 unspecified atom stereocenters. The summed E-state index contributed by atoms with van der Waals surface area (Å²) in [5.74, 6) is 5.01. The molecule has 1 atom stereocenters. The number of furan rings is 2. The van der Waals surface area contributed by atoms with E-state index < -0.39 is 10.0 Å². The number of sulfonamides is 1. The number of hydrogen-bond donors (Lipinski definition) is 6.